The van der Waals surface area contributed by atoms with E-state index in [1.54, 1.807) is 0 Å². The lowest BCUT2D eigenvalue weighted by atomic mass is 9.87. The molecule has 0 atom stereocenters. The third kappa shape index (κ3) is 7.20. The lowest BCUT2D eigenvalue weighted by Crippen LogP contribution is -2.29. The summed E-state index contributed by atoms with van der Waals surface area (Å²) >= 11 is 0. The van der Waals surface area contributed by atoms with E-state index in [1.807, 2.05) is 0 Å². The molecule has 0 aromatic heterocycles. The van der Waals surface area contributed by atoms with Crippen molar-refractivity contribution in [1.82, 2.24) is 4.90 Å². The molecule has 0 heterocycles. The minimum Gasteiger partial charge on any atom is -0.384 e. The van der Waals surface area contributed by atoms with Gasteiger partial charge in [-0.3, -0.25) is 0 Å². The maximum Gasteiger partial charge on any atom is 0.0340 e. The van der Waals surface area contributed by atoms with Crippen molar-refractivity contribution in [1.29, 1.82) is 0 Å². The number of hydrogen-bond donors (Lipinski definition) is 2. The van der Waals surface area contributed by atoms with E-state index in [0.29, 0.717) is 0 Å². The largest absolute Gasteiger partial charge is 0.384 e. The minimum absolute atomic E-state index is 0.207. The number of nitrogens with zero attached hydrogens (tertiary/aromatic N) is 1. The second-order valence-corrected chi connectivity index (χ2v) is 9.81. The van der Waals surface area contributed by atoms with Crippen LogP contribution in [0.5, 0.6) is 0 Å². The molecule has 0 aliphatic rings. The summed E-state index contributed by atoms with van der Waals surface area (Å²) < 4.78 is 0. The fraction of sp³-hybridized carbons (Fsp3) is 0.520. The molecule has 0 bridgehead atoms. The molecule has 28 heavy (non-hydrogen) atoms. The molecule has 3 heteroatoms. The van der Waals surface area contributed by atoms with Crippen LogP contribution in [-0.2, 0) is 10.8 Å². The normalized spacial score (nSPS) is 12.3. The van der Waals surface area contributed by atoms with Crippen molar-refractivity contribution in [2.45, 2.75) is 52.4 Å². The molecule has 0 unspecified atom stereocenters. The second kappa shape index (κ2) is 9.47. The van der Waals surface area contributed by atoms with Gasteiger partial charge < -0.3 is 15.5 Å². The fourth-order valence-electron chi connectivity index (χ4n) is 3.07. The molecule has 0 saturated carbocycles. The first-order chi connectivity index (χ1) is 13.1. The van der Waals surface area contributed by atoms with Gasteiger partial charge in [-0.2, -0.15) is 0 Å². The molecule has 0 radical (unpaired) electrons. The van der Waals surface area contributed by atoms with Crippen LogP contribution in [0.3, 0.4) is 0 Å². The van der Waals surface area contributed by atoms with Crippen molar-refractivity contribution in [3.05, 3.63) is 59.7 Å². The lowest BCUT2D eigenvalue weighted by molar-refractivity contribution is 0.361. The monoisotopic (exact) mass is 381 g/mol. The predicted molar refractivity (Wildman–Crippen MR) is 125 cm³/mol. The van der Waals surface area contributed by atoms with E-state index in [2.05, 4.69) is 113 Å². The van der Waals surface area contributed by atoms with Crippen molar-refractivity contribution in [3.8, 4) is 0 Å². The first-order valence-corrected chi connectivity index (χ1v) is 10.4. The molecule has 0 aliphatic carbocycles. The van der Waals surface area contributed by atoms with Crippen molar-refractivity contribution >= 4 is 11.4 Å². The Labute approximate surface area is 172 Å². The highest BCUT2D eigenvalue weighted by Crippen LogP contribution is 2.24. The van der Waals surface area contributed by atoms with Gasteiger partial charge in [-0.15, -0.1) is 0 Å². The van der Waals surface area contributed by atoms with Crippen LogP contribution in [0, 0.1) is 0 Å². The minimum atomic E-state index is 0.207. The van der Waals surface area contributed by atoms with Crippen molar-refractivity contribution < 1.29 is 0 Å². The average Bonchev–Trinajstić information content (AvgIpc) is 2.61. The third-order valence-corrected chi connectivity index (χ3v) is 5.15. The SMILES string of the molecule is CN(CCNc1ccc(C(C)(C)C)cc1)CCNc1ccc(C(C)(C)C)cc1. The highest BCUT2D eigenvalue weighted by molar-refractivity contribution is 5.46. The second-order valence-electron chi connectivity index (χ2n) is 9.81. The summed E-state index contributed by atoms with van der Waals surface area (Å²) in [7, 11) is 2.18. The highest BCUT2D eigenvalue weighted by Gasteiger charge is 2.13. The summed E-state index contributed by atoms with van der Waals surface area (Å²) in [6.45, 7) is 17.4. The van der Waals surface area contributed by atoms with E-state index in [9.17, 15) is 0 Å². The number of nitrogens with one attached hydrogen (secondary N) is 2. The zero-order valence-corrected chi connectivity index (χ0v) is 18.9. The van der Waals surface area contributed by atoms with Gasteiger partial charge in [-0.25, -0.2) is 0 Å². The molecule has 0 fully saturated rings. The Morgan fingerprint density at radius 3 is 1.21 bits per heavy atom. The molecule has 2 aromatic rings. The third-order valence-electron chi connectivity index (χ3n) is 5.15. The number of benzene rings is 2. The van der Waals surface area contributed by atoms with Gasteiger partial charge in [0.1, 0.15) is 0 Å². The Morgan fingerprint density at radius 2 is 0.929 bits per heavy atom. The van der Waals surface area contributed by atoms with Crippen LogP contribution in [0.1, 0.15) is 52.7 Å². The smallest absolute Gasteiger partial charge is 0.0340 e. The standard InChI is InChI=1S/C25H39N3/c1-24(2,3)20-8-12-22(13-9-20)26-16-18-28(7)19-17-27-23-14-10-21(11-15-23)25(4,5)6/h8-15,26-27H,16-19H2,1-7H3. The molecule has 2 aromatic carbocycles. The average molecular weight is 382 g/mol. The maximum absolute atomic E-state index is 3.52. The summed E-state index contributed by atoms with van der Waals surface area (Å²) in [5, 5.41) is 7.04. The first kappa shape index (κ1) is 22.3. The number of rotatable bonds is 8. The van der Waals surface area contributed by atoms with E-state index in [0.717, 1.165) is 26.2 Å². The maximum atomic E-state index is 3.52. The lowest BCUT2D eigenvalue weighted by Gasteiger charge is -2.21. The molecule has 0 aliphatic heterocycles. The Kier molecular flexibility index (Phi) is 7.54. The zero-order chi connectivity index (χ0) is 20.8. The quantitative estimate of drug-likeness (QED) is 0.611. The topological polar surface area (TPSA) is 27.3 Å². The van der Waals surface area contributed by atoms with Crippen LogP contribution < -0.4 is 10.6 Å². The summed E-state index contributed by atoms with van der Waals surface area (Å²) in [6.07, 6.45) is 0. The first-order valence-electron chi connectivity index (χ1n) is 10.4. The Morgan fingerprint density at radius 1 is 0.607 bits per heavy atom. The van der Waals surface area contributed by atoms with E-state index in [4.69, 9.17) is 0 Å². The number of anilines is 2. The fourth-order valence-corrected chi connectivity index (χ4v) is 3.07. The summed E-state index contributed by atoms with van der Waals surface area (Å²) in [6, 6.07) is 17.6. The highest BCUT2D eigenvalue weighted by atomic mass is 15.1. The molecule has 0 amide bonds. The number of hydrogen-bond acceptors (Lipinski definition) is 3. The molecular formula is C25H39N3. The van der Waals surface area contributed by atoms with Crippen LogP contribution in [-0.4, -0.2) is 38.1 Å². The van der Waals surface area contributed by atoms with E-state index in [1.165, 1.54) is 22.5 Å². The molecule has 2 N–H and O–H groups in total. The van der Waals surface area contributed by atoms with Gasteiger partial charge in [0.2, 0.25) is 0 Å². The van der Waals surface area contributed by atoms with Crippen LogP contribution in [0.15, 0.2) is 48.5 Å². The van der Waals surface area contributed by atoms with Crippen LogP contribution in [0.25, 0.3) is 0 Å². The summed E-state index contributed by atoms with van der Waals surface area (Å²) in [5.74, 6) is 0. The molecule has 0 saturated heterocycles. The van der Waals surface area contributed by atoms with Crippen LogP contribution in [0.2, 0.25) is 0 Å². The number of likely N-dealkylation sites (N-methyl/N-ethyl adjacent to an activating group) is 1. The van der Waals surface area contributed by atoms with Crippen molar-refractivity contribution in [2.24, 2.45) is 0 Å². The van der Waals surface area contributed by atoms with Crippen LogP contribution in [0.4, 0.5) is 11.4 Å². The van der Waals surface area contributed by atoms with Gasteiger partial charge in [0.15, 0.2) is 0 Å². The van der Waals surface area contributed by atoms with Crippen molar-refractivity contribution in [2.75, 3.05) is 43.9 Å². The van der Waals surface area contributed by atoms with Gasteiger partial charge in [-0.05, 0) is 53.3 Å². The van der Waals surface area contributed by atoms with Gasteiger partial charge in [-0.1, -0.05) is 65.8 Å². The van der Waals surface area contributed by atoms with Gasteiger partial charge in [0.05, 0.1) is 0 Å². The van der Waals surface area contributed by atoms with Crippen LogP contribution >= 0.6 is 0 Å². The molecule has 0 spiro atoms. The van der Waals surface area contributed by atoms with E-state index in [-0.39, 0.29) is 10.8 Å². The summed E-state index contributed by atoms with van der Waals surface area (Å²) in [5.41, 5.74) is 5.54. The molecule has 154 valence electrons. The van der Waals surface area contributed by atoms with E-state index < -0.39 is 0 Å². The molecular weight excluding hydrogens is 342 g/mol. The zero-order valence-electron chi connectivity index (χ0n) is 18.9. The van der Waals surface area contributed by atoms with Crippen molar-refractivity contribution in [3.63, 3.8) is 0 Å². The Bertz CT molecular complexity index is 640. The Hall–Kier alpha value is -2.00. The predicted octanol–water partition coefficient (Wildman–Crippen LogP) is 5.74. The van der Waals surface area contributed by atoms with E-state index >= 15 is 0 Å². The molecule has 2 rings (SSSR count). The van der Waals surface area contributed by atoms with Gasteiger partial charge in [0.25, 0.3) is 0 Å². The van der Waals surface area contributed by atoms with Gasteiger partial charge >= 0.3 is 0 Å². The Balaban J connectivity index is 1.67. The molecule has 3 nitrogen and oxygen atoms in total. The summed E-state index contributed by atoms with van der Waals surface area (Å²) in [4.78, 5) is 2.35. The van der Waals surface area contributed by atoms with Gasteiger partial charge in [0, 0.05) is 37.6 Å².